The number of aromatic nitrogens is 2. The molecule has 0 atom stereocenters. The maximum absolute atomic E-state index is 4.51. The monoisotopic (exact) mass is 318 g/mol. The molecule has 0 bridgehead atoms. The Hall–Kier alpha value is -2.88. The second-order valence-electron chi connectivity index (χ2n) is 5.60. The lowest BCUT2D eigenvalue weighted by atomic mass is 10.1. The third-order valence-electron chi connectivity index (χ3n) is 3.84. The van der Waals surface area contributed by atoms with Gasteiger partial charge in [0.05, 0.1) is 0 Å². The lowest BCUT2D eigenvalue weighted by molar-refractivity contribution is 1.00. The van der Waals surface area contributed by atoms with Crippen LogP contribution in [0.2, 0.25) is 0 Å². The van der Waals surface area contributed by atoms with E-state index in [9.17, 15) is 0 Å². The lowest BCUT2D eigenvalue weighted by Gasteiger charge is -2.09. The summed E-state index contributed by atoms with van der Waals surface area (Å²) < 4.78 is 0. The molecule has 3 rings (SSSR count). The fraction of sp³-hybridized carbons (Fsp3) is 0.200. The quantitative estimate of drug-likeness (QED) is 0.676. The second-order valence-corrected chi connectivity index (χ2v) is 5.60. The molecule has 0 saturated carbocycles. The fourth-order valence-electron chi connectivity index (χ4n) is 2.45. The van der Waals surface area contributed by atoms with Gasteiger partial charge in [-0.2, -0.15) is 4.98 Å². The minimum Gasteiger partial charge on any atom is -0.370 e. The molecule has 0 radical (unpaired) electrons. The molecule has 0 aliphatic heterocycles. The molecule has 0 amide bonds. The molecule has 0 unspecified atom stereocenters. The van der Waals surface area contributed by atoms with Crippen molar-refractivity contribution >= 4 is 17.5 Å². The zero-order valence-corrected chi connectivity index (χ0v) is 13.9. The average Bonchev–Trinajstić information content (AvgIpc) is 2.64. The highest BCUT2D eigenvalue weighted by Gasteiger charge is 2.00. The van der Waals surface area contributed by atoms with E-state index in [4.69, 9.17) is 0 Å². The van der Waals surface area contributed by atoms with E-state index in [0.29, 0.717) is 5.95 Å². The van der Waals surface area contributed by atoms with E-state index in [1.54, 1.807) is 6.20 Å². The summed E-state index contributed by atoms with van der Waals surface area (Å²) in [5, 5.41) is 6.59. The summed E-state index contributed by atoms with van der Waals surface area (Å²) in [6, 6.07) is 20.6. The molecule has 2 N–H and O–H groups in total. The molecule has 3 aromatic rings. The van der Waals surface area contributed by atoms with Gasteiger partial charge in [-0.25, -0.2) is 4.98 Å². The van der Waals surface area contributed by atoms with Crippen molar-refractivity contribution in [3.05, 3.63) is 78.0 Å². The van der Waals surface area contributed by atoms with E-state index < -0.39 is 0 Å². The van der Waals surface area contributed by atoms with Crippen molar-refractivity contribution in [2.45, 2.75) is 19.8 Å². The van der Waals surface area contributed by atoms with Crippen LogP contribution in [0, 0.1) is 0 Å². The highest BCUT2D eigenvalue weighted by molar-refractivity contribution is 5.55. The molecular formula is C20H22N4. The molecule has 24 heavy (non-hydrogen) atoms. The number of benzene rings is 2. The molecule has 0 aliphatic carbocycles. The Morgan fingerprint density at radius 1 is 0.875 bits per heavy atom. The Morgan fingerprint density at radius 3 is 2.42 bits per heavy atom. The molecule has 1 aromatic heterocycles. The predicted molar refractivity (Wildman–Crippen MR) is 99.8 cm³/mol. The van der Waals surface area contributed by atoms with Crippen molar-refractivity contribution in [1.82, 2.24) is 9.97 Å². The molecule has 0 aliphatic rings. The predicted octanol–water partition coefficient (Wildman–Crippen LogP) is 4.44. The number of rotatable bonds is 7. The number of aryl methyl sites for hydroxylation is 1. The summed E-state index contributed by atoms with van der Waals surface area (Å²) in [4.78, 5) is 8.79. The number of nitrogens with one attached hydrogen (secondary N) is 2. The van der Waals surface area contributed by atoms with Crippen LogP contribution in [0.25, 0.3) is 0 Å². The van der Waals surface area contributed by atoms with Gasteiger partial charge in [0.2, 0.25) is 5.95 Å². The zero-order valence-electron chi connectivity index (χ0n) is 13.9. The van der Waals surface area contributed by atoms with Gasteiger partial charge in [-0.05, 0) is 42.2 Å². The maximum Gasteiger partial charge on any atom is 0.229 e. The van der Waals surface area contributed by atoms with E-state index in [-0.39, 0.29) is 0 Å². The van der Waals surface area contributed by atoms with Crippen molar-refractivity contribution in [2.75, 3.05) is 17.2 Å². The van der Waals surface area contributed by atoms with Gasteiger partial charge in [0.15, 0.2) is 0 Å². The molecule has 0 spiro atoms. The summed E-state index contributed by atoms with van der Waals surface area (Å²) in [6.07, 6.45) is 3.77. The van der Waals surface area contributed by atoms with E-state index in [2.05, 4.69) is 76.1 Å². The first kappa shape index (κ1) is 16.0. The Bertz CT molecular complexity index is 754. The molecule has 4 nitrogen and oxygen atoms in total. The van der Waals surface area contributed by atoms with Gasteiger partial charge < -0.3 is 10.6 Å². The van der Waals surface area contributed by atoms with Gasteiger partial charge in [-0.1, -0.05) is 49.4 Å². The summed E-state index contributed by atoms with van der Waals surface area (Å²) in [5.41, 5.74) is 3.62. The van der Waals surface area contributed by atoms with Crippen LogP contribution in [-0.2, 0) is 12.8 Å². The average molecular weight is 318 g/mol. The topological polar surface area (TPSA) is 49.8 Å². The fourth-order valence-corrected chi connectivity index (χ4v) is 2.45. The van der Waals surface area contributed by atoms with Gasteiger partial charge >= 0.3 is 0 Å². The standard InChI is InChI=1S/C20H22N4/c1-2-16-8-10-18(11-9-16)23-20-22-15-13-19(24-20)21-14-12-17-6-4-3-5-7-17/h3-11,13,15H,2,12,14H2,1H3,(H2,21,22,23,24). The largest absolute Gasteiger partial charge is 0.370 e. The van der Waals surface area contributed by atoms with Crippen LogP contribution in [0.3, 0.4) is 0 Å². The van der Waals surface area contributed by atoms with Crippen molar-refractivity contribution in [3.63, 3.8) is 0 Å². The SMILES string of the molecule is CCc1ccc(Nc2nccc(NCCc3ccccc3)n2)cc1. The Balaban J connectivity index is 1.57. The van der Waals surface area contributed by atoms with Gasteiger partial charge in [0.25, 0.3) is 0 Å². The lowest BCUT2D eigenvalue weighted by Crippen LogP contribution is -2.07. The Labute approximate surface area is 143 Å². The third-order valence-corrected chi connectivity index (χ3v) is 3.84. The van der Waals surface area contributed by atoms with Crippen LogP contribution in [0.5, 0.6) is 0 Å². The number of hydrogen-bond donors (Lipinski definition) is 2. The van der Waals surface area contributed by atoms with Gasteiger partial charge in [0, 0.05) is 18.4 Å². The molecule has 1 heterocycles. The number of nitrogens with zero attached hydrogens (tertiary/aromatic N) is 2. The van der Waals surface area contributed by atoms with Crippen molar-refractivity contribution in [1.29, 1.82) is 0 Å². The molecule has 0 fully saturated rings. The van der Waals surface area contributed by atoms with Crippen LogP contribution < -0.4 is 10.6 Å². The molecule has 122 valence electrons. The summed E-state index contributed by atoms with van der Waals surface area (Å²) in [7, 11) is 0. The van der Waals surface area contributed by atoms with Crippen LogP contribution in [-0.4, -0.2) is 16.5 Å². The minimum atomic E-state index is 0.601. The third kappa shape index (κ3) is 4.56. The first-order valence-electron chi connectivity index (χ1n) is 8.30. The maximum atomic E-state index is 4.51. The molecule has 2 aromatic carbocycles. The summed E-state index contributed by atoms with van der Waals surface area (Å²) in [5.74, 6) is 1.43. The minimum absolute atomic E-state index is 0.601. The first-order valence-corrected chi connectivity index (χ1v) is 8.30. The van der Waals surface area contributed by atoms with E-state index in [1.165, 1.54) is 11.1 Å². The van der Waals surface area contributed by atoms with Crippen LogP contribution in [0.1, 0.15) is 18.1 Å². The van der Waals surface area contributed by atoms with Crippen LogP contribution in [0.4, 0.5) is 17.5 Å². The van der Waals surface area contributed by atoms with Crippen molar-refractivity contribution in [3.8, 4) is 0 Å². The van der Waals surface area contributed by atoms with E-state index >= 15 is 0 Å². The molecule has 4 heteroatoms. The molecular weight excluding hydrogens is 296 g/mol. The Morgan fingerprint density at radius 2 is 1.67 bits per heavy atom. The highest BCUT2D eigenvalue weighted by Crippen LogP contribution is 2.15. The van der Waals surface area contributed by atoms with Crippen LogP contribution >= 0.6 is 0 Å². The van der Waals surface area contributed by atoms with E-state index in [1.807, 2.05) is 12.1 Å². The molecule has 0 saturated heterocycles. The number of anilines is 3. The highest BCUT2D eigenvalue weighted by atomic mass is 15.1. The smallest absolute Gasteiger partial charge is 0.229 e. The van der Waals surface area contributed by atoms with Crippen molar-refractivity contribution < 1.29 is 0 Å². The van der Waals surface area contributed by atoms with Gasteiger partial charge in [-0.3, -0.25) is 0 Å². The number of hydrogen-bond acceptors (Lipinski definition) is 4. The first-order chi connectivity index (χ1) is 11.8. The normalized spacial score (nSPS) is 10.4. The Kier molecular flexibility index (Phi) is 5.40. The summed E-state index contributed by atoms with van der Waals surface area (Å²) in [6.45, 7) is 2.99. The van der Waals surface area contributed by atoms with Gasteiger partial charge in [0.1, 0.15) is 5.82 Å². The van der Waals surface area contributed by atoms with Crippen LogP contribution in [0.15, 0.2) is 66.9 Å². The second kappa shape index (κ2) is 8.11. The zero-order chi connectivity index (χ0) is 16.6. The summed E-state index contributed by atoms with van der Waals surface area (Å²) >= 11 is 0. The van der Waals surface area contributed by atoms with Gasteiger partial charge in [-0.15, -0.1) is 0 Å². The van der Waals surface area contributed by atoms with E-state index in [0.717, 1.165) is 30.9 Å². The van der Waals surface area contributed by atoms with Crippen molar-refractivity contribution in [2.24, 2.45) is 0 Å².